The van der Waals surface area contributed by atoms with Crippen molar-refractivity contribution >= 4 is 17.5 Å². The highest BCUT2D eigenvalue weighted by atomic mass is 16.5. The van der Waals surface area contributed by atoms with Crippen molar-refractivity contribution in [1.29, 1.82) is 0 Å². The quantitative estimate of drug-likeness (QED) is 0.700. The van der Waals surface area contributed by atoms with E-state index < -0.39 is 0 Å². The number of hydrogen-bond acceptors (Lipinski definition) is 4. The fourth-order valence-corrected chi connectivity index (χ4v) is 3.46. The summed E-state index contributed by atoms with van der Waals surface area (Å²) < 4.78 is 11.3. The number of amides is 2. The number of nitrogens with zero attached hydrogens (tertiary/aromatic N) is 1. The van der Waals surface area contributed by atoms with Crippen molar-refractivity contribution in [3.05, 3.63) is 77.7 Å². The number of benzene rings is 2. The Morgan fingerprint density at radius 3 is 2.69 bits per heavy atom. The molecular weight excluding hydrogens is 368 g/mol. The predicted octanol–water partition coefficient (Wildman–Crippen LogP) is 4.41. The minimum absolute atomic E-state index is 0.100. The summed E-state index contributed by atoms with van der Waals surface area (Å²) in [5.41, 5.74) is 1.56. The molecule has 2 aromatic carbocycles. The number of carbonyl (C=O) groups is 2. The van der Waals surface area contributed by atoms with Crippen molar-refractivity contribution < 1.29 is 18.7 Å². The molecule has 29 heavy (non-hydrogen) atoms. The molecule has 1 aliphatic rings. The van der Waals surface area contributed by atoms with Gasteiger partial charge in [0.2, 0.25) is 0 Å². The number of para-hydroxylation sites is 1. The van der Waals surface area contributed by atoms with Gasteiger partial charge in [0.25, 0.3) is 11.8 Å². The summed E-state index contributed by atoms with van der Waals surface area (Å²) in [5.74, 6) is 1.51. The summed E-state index contributed by atoms with van der Waals surface area (Å²) in [6.07, 6.45) is 2.21. The minimum atomic E-state index is -0.211. The zero-order valence-electron chi connectivity index (χ0n) is 16.3. The molecule has 4 rings (SSSR count). The van der Waals surface area contributed by atoms with Crippen molar-refractivity contribution in [2.45, 2.75) is 26.3 Å². The first-order chi connectivity index (χ1) is 14.1. The van der Waals surface area contributed by atoms with E-state index in [4.69, 9.17) is 9.15 Å². The van der Waals surface area contributed by atoms with Crippen LogP contribution in [0.1, 0.15) is 40.3 Å². The average Bonchev–Trinajstić information content (AvgIpc) is 3.18. The molecule has 1 aromatic heterocycles. The van der Waals surface area contributed by atoms with Crippen LogP contribution in [0.25, 0.3) is 0 Å². The number of ether oxygens (including phenoxy) is 1. The maximum absolute atomic E-state index is 13.0. The third-order valence-electron chi connectivity index (χ3n) is 4.88. The van der Waals surface area contributed by atoms with E-state index in [1.54, 1.807) is 41.5 Å². The molecule has 1 atom stereocenters. The Balaban J connectivity index is 1.60. The Kier molecular flexibility index (Phi) is 5.08. The van der Waals surface area contributed by atoms with Gasteiger partial charge in [0.05, 0.1) is 17.5 Å². The molecule has 1 N–H and O–H groups in total. The first kappa shape index (κ1) is 18.8. The van der Waals surface area contributed by atoms with Gasteiger partial charge in [-0.2, -0.15) is 0 Å². The number of nitrogens with one attached hydrogen (secondary N) is 1. The largest absolute Gasteiger partial charge is 0.469 e. The molecule has 1 unspecified atom stereocenters. The molecule has 6 nitrogen and oxygen atoms in total. The van der Waals surface area contributed by atoms with Gasteiger partial charge in [-0.25, -0.2) is 0 Å². The summed E-state index contributed by atoms with van der Waals surface area (Å²) in [4.78, 5) is 27.4. The number of fused-ring (bicyclic) bond motifs is 2. The molecule has 0 radical (unpaired) electrons. The standard InChI is InChI=1S/C23H22N2O4/c1-3-25-19-14-16(22(26)24-15(2)13-17-7-6-12-28-17)10-11-21(19)29-20-9-5-4-8-18(20)23(25)27/h4-12,14-15H,3,13H2,1-2H3,(H,24,26). The number of anilines is 1. The molecule has 0 bridgehead atoms. The van der Waals surface area contributed by atoms with Gasteiger partial charge in [0.15, 0.2) is 5.75 Å². The van der Waals surface area contributed by atoms with E-state index in [0.717, 1.165) is 5.76 Å². The molecule has 0 aliphatic carbocycles. The lowest BCUT2D eigenvalue weighted by Gasteiger charge is -2.21. The van der Waals surface area contributed by atoms with E-state index >= 15 is 0 Å². The van der Waals surface area contributed by atoms with E-state index in [-0.39, 0.29) is 17.9 Å². The highest BCUT2D eigenvalue weighted by Gasteiger charge is 2.28. The summed E-state index contributed by atoms with van der Waals surface area (Å²) in [6, 6.07) is 15.9. The van der Waals surface area contributed by atoms with Crippen LogP contribution in [0.3, 0.4) is 0 Å². The van der Waals surface area contributed by atoms with Gasteiger partial charge in [0.1, 0.15) is 11.5 Å². The van der Waals surface area contributed by atoms with Crippen molar-refractivity contribution in [3.8, 4) is 11.5 Å². The Morgan fingerprint density at radius 1 is 1.10 bits per heavy atom. The lowest BCUT2D eigenvalue weighted by atomic mass is 10.1. The van der Waals surface area contributed by atoms with Gasteiger partial charge in [-0.3, -0.25) is 9.59 Å². The molecular formula is C23H22N2O4. The molecule has 0 saturated carbocycles. The van der Waals surface area contributed by atoms with E-state index in [9.17, 15) is 9.59 Å². The van der Waals surface area contributed by atoms with E-state index in [0.29, 0.717) is 41.3 Å². The van der Waals surface area contributed by atoms with Crippen LogP contribution in [0.5, 0.6) is 11.5 Å². The van der Waals surface area contributed by atoms with E-state index in [2.05, 4.69) is 5.32 Å². The zero-order chi connectivity index (χ0) is 20.4. The lowest BCUT2D eigenvalue weighted by molar-refractivity contribution is 0.0937. The predicted molar refractivity (Wildman–Crippen MR) is 110 cm³/mol. The monoisotopic (exact) mass is 390 g/mol. The first-order valence-corrected chi connectivity index (χ1v) is 9.63. The summed E-state index contributed by atoms with van der Waals surface area (Å²) >= 11 is 0. The van der Waals surface area contributed by atoms with Crippen LogP contribution in [-0.2, 0) is 6.42 Å². The normalized spacial score (nSPS) is 13.7. The minimum Gasteiger partial charge on any atom is -0.469 e. The summed E-state index contributed by atoms with van der Waals surface area (Å²) in [7, 11) is 0. The van der Waals surface area contributed by atoms with Crippen molar-refractivity contribution in [1.82, 2.24) is 5.32 Å². The Hall–Kier alpha value is -3.54. The summed E-state index contributed by atoms with van der Waals surface area (Å²) in [5, 5.41) is 2.97. The highest BCUT2D eigenvalue weighted by molar-refractivity contribution is 6.10. The van der Waals surface area contributed by atoms with Gasteiger partial charge in [-0.1, -0.05) is 12.1 Å². The van der Waals surface area contributed by atoms with Crippen LogP contribution in [0.2, 0.25) is 0 Å². The molecule has 0 spiro atoms. The third kappa shape index (κ3) is 3.74. The van der Waals surface area contributed by atoms with Crippen LogP contribution in [0, 0.1) is 0 Å². The van der Waals surface area contributed by atoms with Crippen LogP contribution < -0.4 is 15.0 Å². The topological polar surface area (TPSA) is 71.8 Å². The van der Waals surface area contributed by atoms with Gasteiger partial charge in [0, 0.05) is 24.6 Å². The summed E-state index contributed by atoms with van der Waals surface area (Å²) in [6.45, 7) is 4.28. The fraction of sp³-hybridized carbons (Fsp3) is 0.217. The molecule has 6 heteroatoms. The van der Waals surface area contributed by atoms with Crippen molar-refractivity contribution in [2.24, 2.45) is 0 Å². The Bertz CT molecular complexity index is 1040. The van der Waals surface area contributed by atoms with E-state index in [1.807, 2.05) is 38.1 Å². The SMILES string of the molecule is CCN1C(=O)c2ccccc2Oc2ccc(C(=O)NC(C)Cc3ccco3)cc21. The molecule has 0 saturated heterocycles. The van der Waals surface area contributed by atoms with Crippen LogP contribution >= 0.6 is 0 Å². The molecule has 0 fully saturated rings. The molecule has 1 aliphatic heterocycles. The number of hydrogen-bond donors (Lipinski definition) is 1. The lowest BCUT2D eigenvalue weighted by Crippen LogP contribution is -2.34. The highest BCUT2D eigenvalue weighted by Crippen LogP contribution is 2.39. The second-order valence-electron chi connectivity index (χ2n) is 6.99. The third-order valence-corrected chi connectivity index (χ3v) is 4.88. The maximum atomic E-state index is 13.0. The Morgan fingerprint density at radius 2 is 1.93 bits per heavy atom. The zero-order valence-corrected chi connectivity index (χ0v) is 16.3. The first-order valence-electron chi connectivity index (χ1n) is 9.63. The Labute approximate surface area is 169 Å². The fourth-order valence-electron chi connectivity index (χ4n) is 3.46. The molecule has 2 amide bonds. The van der Waals surface area contributed by atoms with Crippen LogP contribution in [-0.4, -0.2) is 24.4 Å². The number of furan rings is 1. The number of carbonyl (C=O) groups excluding carboxylic acids is 2. The smallest absolute Gasteiger partial charge is 0.262 e. The van der Waals surface area contributed by atoms with Crippen molar-refractivity contribution in [3.63, 3.8) is 0 Å². The van der Waals surface area contributed by atoms with Gasteiger partial charge in [-0.05, 0) is 56.3 Å². The molecule has 2 heterocycles. The number of rotatable bonds is 5. The van der Waals surface area contributed by atoms with Crippen LogP contribution in [0.4, 0.5) is 5.69 Å². The average molecular weight is 390 g/mol. The molecule has 148 valence electrons. The van der Waals surface area contributed by atoms with Gasteiger partial charge in [-0.15, -0.1) is 0 Å². The second kappa shape index (κ2) is 7.83. The van der Waals surface area contributed by atoms with Crippen LogP contribution in [0.15, 0.2) is 65.3 Å². The van der Waals surface area contributed by atoms with E-state index in [1.165, 1.54) is 0 Å². The maximum Gasteiger partial charge on any atom is 0.262 e. The van der Waals surface area contributed by atoms with Crippen molar-refractivity contribution in [2.75, 3.05) is 11.4 Å². The molecule has 3 aromatic rings. The van der Waals surface area contributed by atoms with Gasteiger partial charge >= 0.3 is 0 Å². The second-order valence-corrected chi connectivity index (χ2v) is 6.99. The van der Waals surface area contributed by atoms with Gasteiger partial charge < -0.3 is 19.4 Å².